The number of amides is 2. The Labute approximate surface area is 163 Å². The second-order valence-corrected chi connectivity index (χ2v) is 6.57. The molecule has 2 aromatic carbocycles. The Kier molecular flexibility index (Phi) is 5.06. The van der Waals surface area contributed by atoms with Crippen molar-refractivity contribution in [1.29, 1.82) is 0 Å². The Bertz CT molecular complexity index is 1010. The van der Waals surface area contributed by atoms with Crippen LogP contribution in [0.4, 0.5) is 5.69 Å². The largest absolute Gasteiger partial charge is 0.459 e. The van der Waals surface area contributed by atoms with Gasteiger partial charge in [0, 0.05) is 13.1 Å². The normalized spacial score (nSPS) is 13.7. The predicted octanol–water partition coefficient (Wildman–Crippen LogP) is 4.46. The molecule has 1 aliphatic rings. The molecule has 5 nitrogen and oxygen atoms in total. The number of rotatable bonds is 4. The molecule has 0 bridgehead atoms. The number of benzene rings is 2. The van der Waals surface area contributed by atoms with Crippen LogP contribution in [0.1, 0.15) is 32.9 Å². The summed E-state index contributed by atoms with van der Waals surface area (Å²) in [6, 6.07) is 20.5. The van der Waals surface area contributed by atoms with E-state index in [1.165, 1.54) is 17.4 Å². The fraction of sp³-hybridized carbons (Fsp3) is 0.130. The van der Waals surface area contributed by atoms with Gasteiger partial charge in [0.1, 0.15) is 0 Å². The van der Waals surface area contributed by atoms with Crippen molar-refractivity contribution in [1.82, 2.24) is 4.90 Å². The van der Waals surface area contributed by atoms with E-state index < -0.39 is 0 Å². The van der Waals surface area contributed by atoms with Gasteiger partial charge in [-0.05, 0) is 41.8 Å². The summed E-state index contributed by atoms with van der Waals surface area (Å²) in [7, 11) is 0. The molecule has 0 radical (unpaired) electrons. The summed E-state index contributed by atoms with van der Waals surface area (Å²) < 4.78 is 5.12. The fourth-order valence-corrected chi connectivity index (χ4v) is 3.31. The van der Waals surface area contributed by atoms with E-state index in [0.29, 0.717) is 24.3 Å². The lowest BCUT2D eigenvalue weighted by Gasteiger charge is -2.27. The summed E-state index contributed by atoms with van der Waals surface area (Å²) in [5.74, 6) is -0.274. The van der Waals surface area contributed by atoms with Crippen molar-refractivity contribution in [3.05, 3.63) is 96.0 Å². The van der Waals surface area contributed by atoms with Gasteiger partial charge in [0.2, 0.25) is 0 Å². The third kappa shape index (κ3) is 3.74. The van der Waals surface area contributed by atoms with Gasteiger partial charge in [-0.25, -0.2) is 0 Å². The van der Waals surface area contributed by atoms with Crippen LogP contribution in [0, 0.1) is 0 Å². The fourth-order valence-electron chi connectivity index (χ4n) is 3.31. The maximum absolute atomic E-state index is 13.1. The Morgan fingerprint density at radius 2 is 1.71 bits per heavy atom. The van der Waals surface area contributed by atoms with E-state index in [-0.39, 0.29) is 17.6 Å². The van der Waals surface area contributed by atoms with Gasteiger partial charge in [0.25, 0.3) is 11.8 Å². The molecule has 5 heteroatoms. The highest BCUT2D eigenvalue weighted by Crippen LogP contribution is 2.25. The van der Waals surface area contributed by atoms with Crippen molar-refractivity contribution in [2.75, 3.05) is 18.4 Å². The molecule has 0 aliphatic carbocycles. The molecule has 0 atom stereocenters. The third-order valence-corrected chi connectivity index (χ3v) is 4.79. The van der Waals surface area contributed by atoms with Crippen LogP contribution in [0.15, 0.2) is 83.5 Å². The van der Waals surface area contributed by atoms with E-state index in [0.717, 1.165) is 6.42 Å². The van der Waals surface area contributed by atoms with Gasteiger partial charge in [-0.2, -0.15) is 0 Å². The first-order chi connectivity index (χ1) is 13.7. The quantitative estimate of drug-likeness (QED) is 0.735. The van der Waals surface area contributed by atoms with Gasteiger partial charge in [-0.1, -0.05) is 48.5 Å². The van der Waals surface area contributed by atoms with Crippen molar-refractivity contribution >= 4 is 23.1 Å². The molecule has 2 amide bonds. The van der Waals surface area contributed by atoms with Gasteiger partial charge >= 0.3 is 0 Å². The number of carbonyl (C=O) groups is 2. The standard InChI is InChI=1S/C23H20N2O3/c26-22(21-11-6-16-28-21)24-20-10-5-4-9-19(20)23(27)25-14-12-18(13-15-25)17-7-2-1-3-8-17/h1-12,16H,13-15H2,(H,24,26). The van der Waals surface area contributed by atoms with E-state index in [1.54, 1.807) is 41.3 Å². The minimum atomic E-state index is -0.379. The summed E-state index contributed by atoms with van der Waals surface area (Å²) in [4.78, 5) is 27.1. The highest BCUT2D eigenvalue weighted by atomic mass is 16.3. The first-order valence-corrected chi connectivity index (χ1v) is 9.20. The average Bonchev–Trinajstić information content (AvgIpc) is 3.30. The smallest absolute Gasteiger partial charge is 0.291 e. The first-order valence-electron chi connectivity index (χ1n) is 9.20. The second kappa shape index (κ2) is 7.96. The van der Waals surface area contributed by atoms with E-state index in [4.69, 9.17) is 4.42 Å². The molecule has 0 unspecified atom stereocenters. The van der Waals surface area contributed by atoms with Crippen molar-refractivity contribution in [3.63, 3.8) is 0 Å². The molecule has 2 heterocycles. The second-order valence-electron chi connectivity index (χ2n) is 6.57. The lowest BCUT2D eigenvalue weighted by atomic mass is 9.99. The zero-order chi connectivity index (χ0) is 19.3. The van der Waals surface area contributed by atoms with Gasteiger partial charge in [0.05, 0.1) is 17.5 Å². The highest BCUT2D eigenvalue weighted by molar-refractivity contribution is 6.08. The van der Waals surface area contributed by atoms with Crippen LogP contribution < -0.4 is 5.32 Å². The van der Waals surface area contributed by atoms with E-state index in [2.05, 4.69) is 23.5 Å². The molecule has 1 aliphatic heterocycles. The number of hydrogen-bond donors (Lipinski definition) is 1. The Morgan fingerprint density at radius 1 is 0.929 bits per heavy atom. The molecule has 4 rings (SSSR count). The highest BCUT2D eigenvalue weighted by Gasteiger charge is 2.22. The molecular weight excluding hydrogens is 352 g/mol. The molecule has 1 N–H and O–H groups in total. The number of nitrogens with one attached hydrogen (secondary N) is 1. The predicted molar refractivity (Wildman–Crippen MR) is 108 cm³/mol. The van der Waals surface area contributed by atoms with Gasteiger partial charge in [-0.3, -0.25) is 9.59 Å². The lowest BCUT2D eigenvalue weighted by molar-refractivity contribution is 0.0774. The van der Waals surface area contributed by atoms with Crippen LogP contribution in [0.3, 0.4) is 0 Å². The van der Waals surface area contributed by atoms with Gasteiger partial charge in [-0.15, -0.1) is 0 Å². The van der Waals surface area contributed by atoms with Crippen LogP contribution in [-0.2, 0) is 0 Å². The number of nitrogens with zero attached hydrogens (tertiary/aromatic N) is 1. The molecule has 0 spiro atoms. The summed E-state index contributed by atoms with van der Waals surface area (Å²) in [6.07, 6.45) is 4.34. The first kappa shape index (κ1) is 17.8. The molecule has 1 aromatic heterocycles. The number of carbonyl (C=O) groups excluding carboxylic acids is 2. The van der Waals surface area contributed by atoms with Crippen LogP contribution in [0.2, 0.25) is 0 Å². The number of furan rings is 1. The zero-order valence-corrected chi connectivity index (χ0v) is 15.3. The van der Waals surface area contributed by atoms with Crippen LogP contribution >= 0.6 is 0 Å². The summed E-state index contributed by atoms with van der Waals surface area (Å²) in [5, 5.41) is 2.77. The number of para-hydroxylation sites is 1. The number of anilines is 1. The minimum absolute atomic E-state index is 0.0984. The maximum Gasteiger partial charge on any atom is 0.291 e. The van der Waals surface area contributed by atoms with Crippen molar-refractivity contribution in [3.8, 4) is 0 Å². The molecule has 3 aromatic rings. The minimum Gasteiger partial charge on any atom is -0.459 e. The topological polar surface area (TPSA) is 62.6 Å². The summed E-state index contributed by atoms with van der Waals surface area (Å²) in [6.45, 7) is 1.18. The molecular formula is C23H20N2O3. The lowest BCUT2D eigenvalue weighted by Crippen LogP contribution is -2.35. The average molecular weight is 372 g/mol. The van der Waals surface area contributed by atoms with Gasteiger partial charge < -0.3 is 14.6 Å². The molecule has 28 heavy (non-hydrogen) atoms. The van der Waals surface area contributed by atoms with Crippen LogP contribution in [0.5, 0.6) is 0 Å². The van der Waals surface area contributed by atoms with E-state index in [1.807, 2.05) is 18.2 Å². The molecule has 0 fully saturated rings. The Morgan fingerprint density at radius 3 is 2.43 bits per heavy atom. The Hall–Kier alpha value is -3.60. The Balaban J connectivity index is 1.50. The summed E-state index contributed by atoms with van der Waals surface area (Å²) >= 11 is 0. The monoisotopic (exact) mass is 372 g/mol. The third-order valence-electron chi connectivity index (χ3n) is 4.79. The van der Waals surface area contributed by atoms with E-state index in [9.17, 15) is 9.59 Å². The van der Waals surface area contributed by atoms with Crippen LogP contribution in [0.25, 0.3) is 5.57 Å². The summed E-state index contributed by atoms with van der Waals surface area (Å²) in [5.41, 5.74) is 3.40. The van der Waals surface area contributed by atoms with Crippen molar-refractivity contribution in [2.45, 2.75) is 6.42 Å². The molecule has 0 saturated heterocycles. The SMILES string of the molecule is O=C(Nc1ccccc1C(=O)N1CC=C(c2ccccc2)CC1)c1ccco1. The van der Waals surface area contributed by atoms with Crippen molar-refractivity contribution in [2.24, 2.45) is 0 Å². The van der Waals surface area contributed by atoms with Crippen LogP contribution in [-0.4, -0.2) is 29.8 Å². The molecule has 0 saturated carbocycles. The zero-order valence-electron chi connectivity index (χ0n) is 15.3. The molecule has 140 valence electrons. The maximum atomic E-state index is 13.1. The van der Waals surface area contributed by atoms with Gasteiger partial charge in [0.15, 0.2) is 5.76 Å². The number of hydrogen-bond acceptors (Lipinski definition) is 3. The van der Waals surface area contributed by atoms with E-state index >= 15 is 0 Å². The van der Waals surface area contributed by atoms with Crippen molar-refractivity contribution < 1.29 is 14.0 Å².